The van der Waals surface area contributed by atoms with Gasteiger partial charge in [0.15, 0.2) is 0 Å². The summed E-state index contributed by atoms with van der Waals surface area (Å²) < 4.78 is 13.5. The van der Waals surface area contributed by atoms with Crippen molar-refractivity contribution >= 4 is 99.5 Å². The van der Waals surface area contributed by atoms with Crippen LogP contribution in [0.15, 0.2) is 227 Å². The second kappa shape index (κ2) is 14.8. The molecule has 0 radical (unpaired) electrons. The molecule has 0 unspecified atom stereocenters. The van der Waals surface area contributed by atoms with Gasteiger partial charge in [0.05, 0.1) is 11.4 Å². The van der Waals surface area contributed by atoms with Crippen molar-refractivity contribution in [2.45, 2.75) is 38.5 Å². The molecule has 2 aliphatic rings. The summed E-state index contributed by atoms with van der Waals surface area (Å²) >= 11 is 0. The summed E-state index contributed by atoms with van der Waals surface area (Å²) in [7, 11) is 0. The Morgan fingerprint density at radius 2 is 0.681 bits per heavy atom. The first kappa shape index (κ1) is 41.0. The second-order valence-corrected chi connectivity index (χ2v) is 20.9. The van der Waals surface area contributed by atoms with Crippen LogP contribution in [0.25, 0.3) is 87.7 Å². The van der Waals surface area contributed by atoms with Crippen LogP contribution in [-0.4, -0.2) is 0 Å². The molecule has 0 amide bonds. The third-order valence-corrected chi connectivity index (χ3v) is 16.1. The van der Waals surface area contributed by atoms with E-state index in [2.05, 4.69) is 256 Å². The van der Waals surface area contributed by atoms with Crippen molar-refractivity contribution in [2.75, 3.05) is 9.80 Å². The maximum absolute atomic E-state index is 6.75. The molecular weight excluding hydrogens is 877 g/mol. The Bertz CT molecular complexity index is 4120. The van der Waals surface area contributed by atoms with Crippen LogP contribution in [0.1, 0.15) is 49.9 Å². The minimum Gasteiger partial charge on any atom is -0.456 e. The first-order chi connectivity index (χ1) is 35.2. The van der Waals surface area contributed by atoms with Crippen LogP contribution in [0, 0.1) is 0 Å². The lowest BCUT2D eigenvalue weighted by atomic mass is 9.81. The predicted molar refractivity (Wildman–Crippen MR) is 301 cm³/mol. The third kappa shape index (κ3) is 5.81. The zero-order chi connectivity index (χ0) is 48.0. The Balaban J connectivity index is 0.828. The molecule has 0 saturated heterocycles. The normalized spacial score (nSPS) is 14.1. The quantitative estimate of drug-likeness (QED) is 0.166. The molecule has 0 saturated carbocycles. The Morgan fingerprint density at radius 3 is 1.14 bits per heavy atom. The van der Waals surface area contributed by atoms with Gasteiger partial charge in [0.1, 0.15) is 22.3 Å². The molecule has 0 N–H and O–H groups in total. The van der Waals surface area contributed by atoms with E-state index in [4.69, 9.17) is 8.83 Å². The zero-order valence-corrected chi connectivity index (χ0v) is 40.5. The molecule has 13 aromatic rings. The van der Waals surface area contributed by atoms with Gasteiger partial charge >= 0.3 is 0 Å². The minimum atomic E-state index is -0.173. The lowest BCUT2D eigenvalue weighted by Gasteiger charge is -2.32. The van der Waals surface area contributed by atoms with E-state index in [1.165, 1.54) is 55.9 Å². The molecule has 342 valence electrons. The number of fused-ring (bicyclic) bond motifs is 14. The van der Waals surface area contributed by atoms with E-state index in [0.717, 1.165) is 88.2 Å². The molecule has 2 aromatic heterocycles. The molecule has 11 aromatic carbocycles. The SMILES string of the molecule is CC1(C)c2ccccc2-c2cccc(N(c3ccccc3)c3ccc4cc5c(cc4c3)oc3cc4oc6cc7cc(N(c8ccccc8)c8cccc9c8C(C)(C)c8ccccc8-9)ccc7cc6c4cc35)c21. The van der Waals surface area contributed by atoms with Crippen molar-refractivity contribution in [3.8, 4) is 22.3 Å². The van der Waals surface area contributed by atoms with E-state index in [1.54, 1.807) is 0 Å². The Labute approximate surface area is 417 Å². The highest BCUT2D eigenvalue weighted by Crippen LogP contribution is 2.56. The topological polar surface area (TPSA) is 32.8 Å². The lowest BCUT2D eigenvalue weighted by molar-refractivity contribution is 0.656. The minimum absolute atomic E-state index is 0.173. The number of para-hydroxylation sites is 2. The monoisotopic (exact) mass is 924 g/mol. The molecule has 4 nitrogen and oxygen atoms in total. The van der Waals surface area contributed by atoms with Crippen LogP contribution >= 0.6 is 0 Å². The largest absolute Gasteiger partial charge is 0.456 e. The van der Waals surface area contributed by atoms with Crippen LogP contribution in [0.3, 0.4) is 0 Å². The highest BCUT2D eigenvalue weighted by molar-refractivity contribution is 6.18. The summed E-state index contributed by atoms with van der Waals surface area (Å²) in [4.78, 5) is 4.85. The van der Waals surface area contributed by atoms with Crippen LogP contribution in [-0.2, 0) is 10.8 Å². The Kier molecular flexibility index (Phi) is 8.44. The van der Waals surface area contributed by atoms with E-state index in [-0.39, 0.29) is 10.8 Å². The maximum Gasteiger partial charge on any atom is 0.139 e. The molecule has 4 heteroatoms. The summed E-state index contributed by atoms with van der Waals surface area (Å²) in [5.41, 5.74) is 20.4. The fraction of sp³-hybridized carbons (Fsp3) is 0.0882. The Hall–Kier alpha value is -8.86. The number of anilines is 6. The number of hydrogen-bond donors (Lipinski definition) is 0. The van der Waals surface area contributed by atoms with Gasteiger partial charge in [-0.05, 0) is 157 Å². The van der Waals surface area contributed by atoms with E-state index in [9.17, 15) is 0 Å². The van der Waals surface area contributed by atoms with Gasteiger partial charge in [-0.25, -0.2) is 0 Å². The molecule has 72 heavy (non-hydrogen) atoms. The maximum atomic E-state index is 6.75. The average Bonchev–Trinajstić information content (AvgIpc) is 4.08. The summed E-state index contributed by atoms with van der Waals surface area (Å²) in [5, 5.41) is 8.88. The summed E-state index contributed by atoms with van der Waals surface area (Å²) in [6, 6.07) is 79.8. The first-order valence-electron chi connectivity index (χ1n) is 25.1. The number of furan rings is 2. The molecule has 2 heterocycles. The summed E-state index contributed by atoms with van der Waals surface area (Å²) in [6.07, 6.45) is 0. The van der Waals surface area contributed by atoms with Crippen molar-refractivity contribution < 1.29 is 8.83 Å². The average molecular weight is 925 g/mol. The van der Waals surface area contributed by atoms with E-state index in [0.29, 0.717) is 0 Å². The molecule has 0 aliphatic heterocycles. The molecule has 0 spiro atoms. The van der Waals surface area contributed by atoms with Gasteiger partial charge < -0.3 is 18.6 Å². The predicted octanol–water partition coefficient (Wildman–Crippen LogP) is 19.3. The lowest BCUT2D eigenvalue weighted by Crippen LogP contribution is -2.20. The number of rotatable bonds is 6. The number of benzene rings is 11. The van der Waals surface area contributed by atoms with Crippen LogP contribution in [0.2, 0.25) is 0 Å². The van der Waals surface area contributed by atoms with Crippen molar-refractivity contribution in [2.24, 2.45) is 0 Å². The van der Waals surface area contributed by atoms with E-state index < -0.39 is 0 Å². The Morgan fingerprint density at radius 1 is 0.292 bits per heavy atom. The smallest absolute Gasteiger partial charge is 0.139 e. The fourth-order valence-corrected chi connectivity index (χ4v) is 12.8. The second-order valence-electron chi connectivity index (χ2n) is 20.9. The standard InChI is InChI=1S/C68H48N2O2/c1-67(2)57-25-13-11-21-49(57)51-23-15-27-59(65(51)67)69(45-17-7-5-8-18-45)47-31-29-41-35-53-55-39-56-54-36-42-30-32-48(34-44(42)38-62(54)72-64(56)40-63(55)71-61(53)37-43(41)33-47)70(46-19-9-6-10-20-46)60-28-16-24-52-50-22-12-14-26-58(50)68(3,4)66(52)60/h5-40H,1-4H3. The van der Waals surface area contributed by atoms with Gasteiger partial charge in [0, 0.05) is 61.2 Å². The van der Waals surface area contributed by atoms with Crippen LogP contribution in [0.4, 0.5) is 34.1 Å². The molecule has 0 atom stereocenters. The number of hydrogen-bond acceptors (Lipinski definition) is 4. The van der Waals surface area contributed by atoms with Gasteiger partial charge in [-0.15, -0.1) is 0 Å². The van der Waals surface area contributed by atoms with Crippen molar-refractivity contribution in [1.82, 2.24) is 0 Å². The first-order valence-corrected chi connectivity index (χ1v) is 25.1. The van der Waals surface area contributed by atoms with Gasteiger partial charge in [-0.3, -0.25) is 0 Å². The van der Waals surface area contributed by atoms with E-state index >= 15 is 0 Å². The molecule has 0 fully saturated rings. The molecular formula is C68H48N2O2. The summed E-state index contributed by atoms with van der Waals surface area (Å²) in [6.45, 7) is 9.43. The van der Waals surface area contributed by atoms with Crippen molar-refractivity contribution in [1.29, 1.82) is 0 Å². The molecule has 0 bridgehead atoms. The van der Waals surface area contributed by atoms with Crippen molar-refractivity contribution in [3.63, 3.8) is 0 Å². The van der Waals surface area contributed by atoms with Crippen LogP contribution < -0.4 is 9.80 Å². The van der Waals surface area contributed by atoms with E-state index in [1.807, 2.05) is 0 Å². The molecule has 2 aliphatic carbocycles. The van der Waals surface area contributed by atoms with Gasteiger partial charge in [0.2, 0.25) is 0 Å². The van der Waals surface area contributed by atoms with Crippen molar-refractivity contribution in [3.05, 3.63) is 241 Å². The van der Waals surface area contributed by atoms with Gasteiger partial charge in [0.25, 0.3) is 0 Å². The number of nitrogens with zero attached hydrogens (tertiary/aromatic N) is 2. The van der Waals surface area contributed by atoms with Gasteiger partial charge in [-0.1, -0.05) is 149 Å². The van der Waals surface area contributed by atoms with Crippen LogP contribution in [0.5, 0.6) is 0 Å². The fourth-order valence-electron chi connectivity index (χ4n) is 12.8. The zero-order valence-electron chi connectivity index (χ0n) is 40.5. The molecule has 15 rings (SSSR count). The summed E-state index contributed by atoms with van der Waals surface area (Å²) in [5.74, 6) is 0. The highest BCUT2D eigenvalue weighted by Gasteiger charge is 2.40. The third-order valence-electron chi connectivity index (χ3n) is 16.1. The van der Waals surface area contributed by atoms with Gasteiger partial charge in [-0.2, -0.15) is 0 Å². The highest BCUT2D eigenvalue weighted by atomic mass is 16.3.